The SMILES string of the molecule is COCC1CCC2C(CCC3C2CCC2(C)C(C(=O)Cn4ncc5ccncc54)CCC32)C1. The maximum Gasteiger partial charge on any atom is 0.157 e. The normalized spacial score (nSPS) is 40.2. The molecule has 178 valence electrons. The minimum atomic E-state index is 0.180. The molecule has 0 bridgehead atoms. The lowest BCUT2D eigenvalue weighted by molar-refractivity contribution is -0.131. The van der Waals surface area contributed by atoms with Gasteiger partial charge in [-0.1, -0.05) is 6.92 Å². The van der Waals surface area contributed by atoms with Gasteiger partial charge in [-0.2, -0.15) is 5.10 Å². The van der Waals surface area contributed by atoms with Gasteiger partial charge >= 0.3 is 0 Å². The summed E-state index contributed by atoms with van der Waals surface area (Å²) in [5.41, 5.74) is 1.15. The first-order chi connectivity index (χ1) is 16.1. The number of ketones is 1. The number of methoxy groups -OCH3 is 1. The summed E-state index contributed by atoms with van der Waals surface area (Å²) < 4.78 is 7.36. The van der Waals surface area contributed by atoms with Crippen LogP contribution < -0.4 is 0 Å². The minimum absolute atomic E-state index is 0.180. The van der Waals surface area contributed by atoms with Crippen LogP contribution in [0.5, 0.6) is 0 Å². The average Bonchev–Trinajstić information content (AvgIpc) is 3.39. The van der Waals surface area contributed by atoms with Gasteiger partial charge in [0.2, 0.25) is 0 Å². The van der Waals surface area contributed by atoms with Gasteiger partial charge in [0.15, 0.2) is 5.78 Å². The summed E-state index contributed by atoms with van der Waals surface area (Å²) in [5.74, 6) is 5.69. The second-order valence-electron chi connectivity index (χ2n) is 11.9. The van der Waals surface area contributed by atoms with E-state index in [1.807, 2.05) is 30.3 Å². The molecule has 5 nitrogen and oxygen atoms in total. The second-order valence-corrected chi connectivity index (χ2v) is 11.9. The molecule has 5 heteroatoms. The van der Waals surface area contributed by atoms with Crippen molar-refractivity contribution in [1.82, 2.24) is 14.8 Å². The van der Waals surface area contributed by atoms with Gasteiger partial charge < -0.3 is 4.74 Å². The standard InChI is InChI=1S/C28H39N3O2/c1-28-11-9-22-21-5-3-18(17-33-2)13-19(21)4-6-23(22)24(28)7-8-25(28)27(32)16-31-26-15-29-12-10-20(26)14-30-31/h10,12,14-15,18-19,21-25H,3-9,11,13,16-17H2,1-2H3. The third kappa shape index (κ3) is 3.57. The van der Waals surface area contributed by atoms with Crippen molar-refractivity contribution in [3.05, 3.63) is 24.7 Å². The van der Waals surface area contributed by atoms with Crippen molar-refractivity contribution < 1.29 is 9.53 Å². The minimum Gasteiger partial charge on any atom is -0.384 e. The molecule has 4 aliphatic carbocycles. The van der Waals surface area contributed by atoms with Crippen LogP contribution in [0, 0.1) is 46.8 Å². The zero-order chi connectivity index (χ0) is 22.6. The van der Waals surface area contributed by atoms with Crippen molar-refractivity contribution in [2.75, 3.05) is 13.7 Å². The Bertz CT molecular complexity index is 1020. The van der Waals surface area contributed by atoms with Crippen molar-refractivity contribution >= 4 is 16.7 Å². The smallest absolute Gasteiger partial charge is 0.157 e. The van der Waals surface area contributed by atoms with E-state index >= 15 is 0 Å². The third-order valence-corrected chi connectivity index (χ3v) is 10.6. The number of carbonyl (C=O) groups excluding carboxylic acids is 1. The molecule has 0 saturated heterocycles. The summed E-state index contributed by atoms with van der Waals surface area (Å²) in [7, 11) is 1.86. The van der Waals surface area contributed by atoms with E-state index in [9.17, 15) is 4.79 Å². The third-order valence-electron chi connectivity index (χ3n) is 10.6. The van der Waals surface area contributed by atoms with Gasteiger partial charge in [-0.25, -0.2) is 0 Å². The van der Waals surface area contributed by atoms with Gasteiger partial charge in [0.25, 0.3) is 0 Å². The number of hydrogen-bond acceptors (Lipinski definition) is 4. The number of carbonyl (C=O) groups is 1. The molecule has 4 saturated carbocycles. The molecule has 8 unspecified atom stereocenters. The molecule has 0 amide bonds. The largest absolute Gasteiger partial charge is 0.384 e. The van der Waals surface area contributed by atoms with Crippen molar-refractivity contribution in [2.45, 2.75) is 71.3 Å². The lowest BCUT2D eigenvalue weighted by Gasteiger charge is -2.56. The Balaban J connectivity index is 1.17. The van der Waals surface area contributed by atoms with Crippen LogP contribution >= 0.6 is 0 Å². The van der Waals surface area contributed by atoms with Crippen LogP contribution in [0.2, 0.25) is 0 Å². The Morgan fingerprint density at radius 1 is 1.09 bits per heavy atom. The molecule has 33 heavy (non-hydrogen) atoms. The van der Waals surface area contributed by atoms with Gasteiger partial charge in [-0.3, -0.25) is 14.5 Å². The molecular formula is C28H39N3O2. The maximum atomic E-state index is 13.6. The van der Waals surface area contributed by atoms with E-state index < -0.39 is 0 Å². The highest BCUT2D eigenvalue weighted by Crippen LogP contribution is 2.64. The van der Waals surface area contributed by atoms with Gasteiger partial charge in [-0.15, -0.1) is 0 Å². The number of aromatic nitrogens is 3. The van der Waals surface area contributed by atoms with Crippen LogP contribution in [0.4, 0.5) is 0 Å². The molecule has 0 spiro atoms. The molecular weight excluding hydrogens is 410 g/mol. The predicted octanol–water partition coefficient (Wildman–Crippen LogP) is 5.53. The molecule has 2 heterocycles. The summed E-state index contributed by atoms with van der Waals surface area (Å²) in [6.07, 6.45) is 17.3. The van der Waals surface area contributed by atoms with Gasteiger partial charge in [-0.05, 0) is 105 Å². The van der Waals surface area contributed by atoms with E-state index in [1.54, 1.807) is 6.20 Å². The summed E-state index contributed by atoms with van der Waals surface area (Å²) >= 11 is 0. The van der Waals surface area contributed by atoms with E-state index in [4.69, 9.17) is 4.74 Å². The van der Waals surface area contributed by atoms with Crippen LogP contribution in [0.25, 0.3) is 10.9 Å². The first-order valence-corrected chi connectivity index (χ1v) is 13.4. The molecule has 6 rings (SSSR count). The summed E-state index contributed by atoms with van der Waals surface area (Å²) in [5, 5.41) is 5.57. The predicted molar refractivity (Wildman–Crippen MR) is 129 cm³/mol. The number of ether oxygens (including phenoxy) is 1. The van der Waals surface area contributed by atoms with Crippen LogP contribution in [0.15, 0.2) is 24.7 Å². The van der Waals surface area contributed by atoms with E-state index in [1.165, 1.54) is 51.4 Å². The van der Waals surface area contributed by atoms with Gasteiger partial charge in [0.05, 0.1) is 17.9 Å². The molecule has 2 aromatic rings. The summed E-state index contributed by atoms with van der Waals surface area (Å²) in [6.45, 7) is 3.80. The topological polar surface area (TPSA) is 57.0 Å². The molecule has 4 aliphatic rings. The fourth-order valence-corrected chi connectivity index (χ4v) is 9.17. The van der Waals surface area contributed by atoms with Crippen molar-refractivity contribution in [2.24, 2.45) is 46.8 Å². The fourth-order valence-electron chi connectivity index (χ4n) is 9.17. The molecule has 2 aromatic heterocycles. The Labute approximate surface area is 197 Å². The lowest BCUT2D eigenvalue weighted by Crippen LogP contribution is -2.49. The highest BCUT2D eigenvalue weighted by atomic mass is 16.5. The molecule has 0 N–H and O–H groups in total. The van der Waals surface area contributed by atoms with E-state index in [-0.39, 0.29) is 11.3 Å². The van der Waals surface area contributed by atoms with E-state index in [0.717, 1.165) is 59.4 Å². The highest BCUT2D eigenvalue weighted by molar-refractivity contribution is 5.84. The number of Topliss-reactive ketones (excluding diaryl/α,β-unsaturated/α-hetero) is 1. The van der Waals surface area contributed by atoms with Crippen molar-refractivity contribution in [1.29, 1.82) is 0 Å². The lowest BCUT2D eigenvalue weighted by atomic mass is 9.49. The maximum absolute atomic E-state index is 13.6. The summed E-state index contributed by atoms with van der Waals surface area (Å²) in [4.78, 5) is 17.9. The Morgan fingerprint density at radius 2 is 1.97 bits per heavy atom. The Hall–Kier alpha value is -1.75. The Kier molecular flexibility index (Phi) is 5.59. The van der Waals surface area contributed by atoms with Crippen molar-refractivity contribution in [3.8, 4) is 0 Å². The summed E-state index contributed by atoms with van der Waals surface area (Å²) in [6, 6.07) is 1.97. The number of rotatable bonds is 5. The van der Waals surface area contributed by atoms with E-state index in [2.05, 4.69) is 17.0 Å². The number of fused-ring (bicyclic) bond motifs is 6. The quantitative estimate of drug-likeness (QED) is 0.602. The molecule has 0 aromatic carbocycles. The van der Waals surface area contributed by atoms with Crippen LogP contribution in [0.3, 0.4) is 0 Å². The molecule has 0 radical (unpaired) electrons. The monoisotopic (exact) mass is 449 g/mol. The average molecular weight is 450 g/mol. The molecule has 4 fully saturated rings. The van der Waals surface area contributed by atoms with E-state index in [0.29, 0.717) is 12.3 Å². The number of hydrogen-bond donors (Lipinski definition) is 0. The highest BCUT2D eigenvalue weighted by Gasteiger charge is 2.58. The zero-order valence-electron chi connectivity index (χ0n) is 20.3. The number of pyridine rings is 1. The van der Waals surface area contributed by atoms with Crippen LogP contribution in [0.1, 0.15) is 64.7 Å². The first-order valence-electron chi connectivity index (χ1n) is 13.4. The number of nitrogens with zero attached hydrogens (tertiary/aromatic N) is 3. The first kappa shape index (κ1) is 21.8. The van der Waals surface area contributed by atoms with Crippen molar-refractivity contribution in [3.63, 3.8) is 0 Å². The second kappa shape index (κ2) is 8.48. The zero-order valence-corrected chi connectivity index (χ0v) is 20.3. The Morgan fingerprint density at radius 3 is 2.85 bits per heavy atom. The van der Waals surface area contributed by atoms with Crippen LogP contribution in [-0.2, 0) is 16.1 Å². The van der Waals surface area contributed by atoms with Gasteiger partial charge in [0, 0.05) is 31.2 Å². The van der Waals surface area contributed by atoms with Crippen LogP contribution in [-0.4, -0.2) is 34.3 Å². The molecule has 8 atom stereocenters. The fraction of sp³-hybridized carbons (Fsp3) is 0.750. The van der Waals surface area contributed by atoms with Gasteiger partial charge in [0.1, 0.15) is 6.54 Å². The molecule has 0 aliphatic heterocycles.